The van der Waals surface area contributed by atoms with E-state index in [1.54, 1.807) is 0 Å². The fourth-order valence-corrected chi connectivity index (χ4v) is 7.08. The molecule has 10 rings (SSSR count). The fourth-order valence-electron chi connectivity index (χ4n) is 7.08. The molecule has 5 heteroatoms. The number of aromatic nitrogens is 4. The lowest BCUT2D eigenvalue weighted by Gasteiger charge is -2.10. The van der Waals surface area contributed by atoms with Gasteiger partial charge in [0.05, 0.1) is 16.7 Å². The molecule has 3 aromatic heterocycles. The lowest BCUT2D eigenvalue weighted by Crippen LogP contribution is -2.00. The highest BCUT2D eigenvalue weighted by Crippen LogP contribution is 2.40. The van der Waals surface area contributed by atoms with Gasteiger partial charge in [-0.2, -0.15) is 0 Å². The van der Waals surface area contributed by atoms with Crippen molar-refractivity contribution in [1.82, 2.24) is 19.5 Å². The number of rotatable bonds is 5. The maximum Gasteiger partial charge on any atom is 0.164 e. The van der Waals surface area contributed by atoms with E-state index in [4.69, 9.17) is 19.4 Å². The highest BCUT2D eigenvalue weighted by atomic mass is 16.3. The van der Waals surface area contributed by atoms with Crippen LogP contribution < -0.4 is 0 Å². The number of fused-ring (bicyclic) bond motifs is 6. The van der Waals surface area contributed by atoms with E-state index in [1.807, 2.05) is 72.8 Å². The summed E-state index contributed by atoms with van der Waals surface area (Å²) in [5.74, 6) is 1.88. The maximum atomic E-state index is 6.72. The van der Waals surface area contributed by atoms with Crippen molar-refractivity contribution in [3.05, 3.63) is 170 Å². The Morgan fingerprint density at radius 3 is 1.62 bits per heavy atom. The summed E-state index contributed by atoms with van der Waals surface area (Å²) < 4.78 is 9.06. The van der Waals surface area contributed by atoms with Crippen LogP contribution in [0.15, 0.2) is 174 Å². The third kappa shape index (κ3) is 4.60. The van der Waals surface area contributed by atoms with Gasteiger partial charge in [0, 0.05) is 38.2 Å². The summed E-state index contributed by atoms with van der Waals surface area (Å²) in [6.45, 7) is 0. The first-order valence-electron chi connectivity index (χ1n) is 16.7. The average Bonchev–Trinajstić information content (AvgIpc) is 3.74. The second-order valence-electron chi connectivity index (χ2n) is 12.5. The number of nitrogens with zero attached hydrogens (tertiary/aromatic N) is 4. The molecule has 0 aliphatic carbocycles. The molecule has 0 aliphatic rings. The standard InChI is InChI=1S/C45H28N4O/c1-4-13-29(14-5-1)32-23-25-35-34-19-10-11-21-38(34)49(40(35)28-32)39-22-12-20-36-37-27-33(24-26-41(37)50-42(36)39)45-47-43(30-15-6-2-7-16-30)46-44(48-45)31-17-8-3-9-18-31/h1-28H. The molecule has 0 bridgehead atoms. The van der Waals surface area contributed by atoms with Crippen LogP contribution in [0.2, 0.25) is 0 Å². The Kier molecular flexibility index (Phi) is 6.42. The minimum absolute atomic E-state index is 0.612. The van der Waals surface area contributed by atoms with E-state index in [9.17, 15) is 0 Å². The van der Waals surface area contributed by atoms with Gasteiger partial charge in [-0.25, -0.2) is 15.0 Å². The van der Waals surface area contributed by atoms with Crippen molar-refractivity contribution < 1.29 is 4.42 Å². The van der Waals surface area contributed by atoms with Crippen molar-refractivity contribution in [2.24, 2.45) is 0 Å². The van der Waals surface area contributed by atoms with Crippen molar-refractivity contribution in [2.45, 2.75) is 0 Å². The van der Waals surface area contributed by atoms with Gasteiger partial charge in [0.15, 0.2) is 23.1 Å². The molecule has 234 valence electrons. The molecule has 0 spiro atoms. The van der Waals surface area contributed by atoms with Crippen molar-refractivity contribution in [1.29, 1.82) is 0 Å². The largest absolute Gasteiger partial charge is 0.454 e. The third-order valence-corrected chi connectivity index (χ3v) is 9.46. The fraction of sp³-hybridized carbons (Fsp3) is 0. The molecule has 7 aromatic carbocycles. The first kappa shape index (κ1) is 28.2. The van der Waals surface area contributed by atoms with Crippen molar-refractivity contribution >= 4 is 43.7 Å². The molecule has 0 fully saturated rings. The molecule has 0 aliphatic heterocycles. The molecule has 10 aromatic rings. The van der Waals surface area contributed by atoms with Crippen molar-refractivity contribution in [2.75, 3.05) is 0 Å². The van der Waals surface area contributed by atoms with Gasteiger partial charge >= 0.3 is 0 Å². The summed E-state index contributed by atoms with van der Waals surface area (Å²) in [6.07, 6.45) is 0. The molecule has 0 saturated heterocycles. The van der Waals surface area contributed by atoms with Crippen LogP contribution in [-0.2, 0) is 0 Å². The van der Waals surface area contributed by atoms with Gasteiger partial charge in [-0.15, -0.1) is 0 Å². The van der Waals surface area contributed by atoms with Crippen LogP contribution >= 0.6 is 0 Å². The molecule has 0 unspecified atom stereocenters. The molecule has 0 N–H and O–H groups in total. The van der Waals surface area contributed by atoms with Gasteiger partial charge in [-0.1, -0.05) is 133 Å². The van der Waals surface area contributed by atoms with Gasteiger partial charge in [-0.05, 0) is 47.5 Å². The molecular formula is C45H28N4O. The maximum absolute atomic E-state index is 6.72. The van der Waals surface area contributed by atoms with Crippen LogP contribution in [0.4, 0.5) is 0 Å². The van der Waals surface area contributed by atoms with Gasteiger partial charge in [0.1, 0.15) is 5.58 Å². The molecule has 50 heavy (non-hydrogen) atoms. The predicted octanol–water partition coefficient (Wildman–Crippen LogP) is 11.5. The molecular weight excluding hydrogens is 613 g/mol. The van der Waals surface area contributed by atoms with Gasteiger partial charge in [0.2, 0.25) is 0 Å². The topological polar surface area (TPSA) is 56.7 Å². The van der Waals surface area contributed by atoms with E-state index in [0.29, 0.717) is 17.5 Å². The summed E-state index contributed by atoms with van der Waals surface area (Å²) in [5, 5.41) is 4.45. The Labute approximate surface area is 287 Å². The van der Waals surface area contributed by atoms with Crippen molar-refractivity contribution in [3.8, 4) is 51.0 Å². The van der Waals surface area contributed by atoms with Crippen LogP contribution in [-0.4, -0.2) is 19.5 Å². The highest BCUT2D eigenvalue weighted by molar-refractivity contribution is 6.13. The minimum atomic E-state index is 0.612. The first-order valence-corrected chi connectivity index (χ1v) is 16.7. The molecule has 0 saturated carbocycles. The Bertz CT molecular complexity index is 2800. The molecule has 0 amide bonds. The quantitative estimate of drug-likeness (QED) is 0.188. The number of hydrogen-bond donors (Lipinski definition) is 0. The Hall–Kier alpha value is -6.85. The summed E-state index contributed by atoms with van der Waals surface area (Å²) >= 11 is 0. The monoisotopic (exact) mass is 640 g/mol. The van der Waals surface area contributed by atoms with Crippen LogP contribution in [0.5, 0.6) is 0 Å². The third-order valence-electron chi connectivity index (χ3n) is 9.46. The van der Waals surface area contributed by atoms with Crippen molar-refractivity contribution in [3.63, 3.8) is 0 Å². The zero-order valence-corrected chi connectivity index (χ0v) is 26.9. The first-order chi connectivity index (χ1) is 24.8. The zero-order chi connectivity index (χ0) is 33.0. The lowest BCUT2D eigenvalue weighted by molar-refractivity contribution is 0.666. The van der Waals surface area contributed by atoms with Gasteiger partial charge in [-0.3, -0.25) is 0 Å². The molecule has 0 atom stereocenters. The number of para-hydroxylation sites is 2. The SMILES string of the molecule is c1ccc(-c2ccc3c4ccccc4n(-c4cccc5c4oc4ccc(-c6nc(-c7ccccc7)nc(-c7ccccc7)n6)cc45)c3c2)cc1. The summed E-state index contributed by atoms with van der Waals surface area (Å²) in [6, 6.07) is 58.6. The Morgan fingerprint density at radius 1 is 0.360 bits per heavy atom. The van der Waals surface area contributed by atoms with Crippen LogP contribution in [0.1, 0.15) is 0 Å². The summed E-state index contributed by atoms with van der Waals surface area (Å²) in [5.41, 5.74) is 10.0. The lowest BCUT2D eigenvalue weighted by atomic mass is 10.0. The predicted molar refractivity (Wildman–Crippen MR) is 203 cm³/mol. The summed E-state index contributed by atoms with van der Waals surface area (Å²) in [4.78, 5) is 14.8. The van der Waals surface area contributed by atoms with E-state index in [1.165, 1.54) is 21.9 Å². The van der Waals surface area contributed by atoms with E-state index in [0.717, 1.165) is 55.3 Å². The Balaban J connectivity index is 1.17. The molecule has 0 radical (unpaired) electrons. The highest BCUT2D eigenvalue weighted by Gasteiger charge is 2.19. The smallest absolute Gasteiger partial charge is 0.164 e. The van der Waals surface area contributed by atoms with Crippen LogP contribution in [0, 0.1) is 0 Å². The van der Waals surface area contributed by atoms with Crippen LogP contribution in [0.25, 0.3) is 94.7 Å². The second kappa shape index (κ2) is 11.4. The van der Waals surface area contributed by atoms with E-state index < -0.39 is 0 Å². The number of benzene rings is 7. The number of hydrogen-bond acceptors (Lipinski definition) is 4. The minimum Gasteiger partial charge on any atom is -0.454 e. The van der Waals surface area contributed by atoms with Gasteiger partial charge < -0.3 is 8.98 Å². The van der Waals surface area contributed by atoms with Crippen LogP contribution in [0.3, 0.4) is 0 Å². The average molecular weight is 641 g/mol. The molecule has 5 nitrogen and oxygen atoms in total. The van der Waals surface area contributed by atoms with Gasteiger partial charge in [0.25, 0.3) is 0 Å². The Morgan fingerprint density at radius 2 is 0.920 bits per heavy atom. The normalized spacial score (nSPS) is 11.6. The molecule has 3 heterocycles. The van der Waals surface area contributed by atoms with E-state index >= 15 is 0 Å². The van der Waals surface area contributed by atoms with E-state index in [2.05, 4.69) is 102 Å². The summed E-state index contributed by atoms with van der Waals surface area (Å²) in [7, 11) is 0. The number of furan rings is 1. The second-order valence-corrected chi connectivity index (χ2v) is 12.5. The van der Waals surface area contributed by atoms with E-state index in [-0.39, 0.29) is 0 Å². The zero-order valence-electron chi connectivity index (χ0n) is 26.9.